The van der Waals surface area contributed by atoms with Crippen LogP contribution in [0.4, 0.5) is 10.5 Å². The minimum Gasteiger partial charge on any atom is -0.497 e. The second kappa shape index (κ2) is 15.1. The molecule has 2 aromatic rings. The van der Waals surface area contributed by atoms with E-state index in [-0.39, 0.29) is 17.7 Å². The summed E-state index contributed by atoms with van der Waals surface area (Å²) in [5.41, 5.74) is 1.32. The molecule has 40 heavy (non-hydrogen) atoms. The number of hydrogen-bond donors (Lipinski definition) is 2. The number of hydrogen-bond acceptors (Lipinski definition) is 5. The quantitative estimate of drug-likeness (QED) is 0.293. The van der Waals surface area contributed by atoms with E-state index < -0.39 is 23.8 Å². The van der Waals surface area contributed by atoms with Gasteiger partial charge < -0.3 is 25.0 Å². The van der Waals surface area contributed by atoms with Crippen molar-refractivity contribution in [1.29, 1.82) is 0 Å². The zero-order valence-electron chi connectivity index (χ0n) is 25.0. The number of alkyl carbamates (subject to hydrolysis) is 1. The van der Waals surface area contributed by atoms with Crippen LogP contribution >= 0.6 is 0 Å². The lowest BCUT2D eigenvalue weighted by Crippen LogP contribution is -2.55. The van der Waals surface area contributed by atoms with Gasteiger partial charge >= 0.3 is 6.09 Å². The highest BCUT2D eigenvalue weighted by Gasteiger charge is 2.38. The summed E-state index contributed by atoms with van der Waals surface area (Å²) in [5, 5.41) is 5.77. The molecule has 3 amide bonds. The SMILES string of the molecule is C=Cc1cccc(C(C(=O)Nc2ccc(OC)cc2)N(CCCC)C(=O)C(NC(=O)OC(C)(C)C)C(C)CC)c1. The summed E-state index contributed by atoms with van der Waals surface area (Å²) in [6.07, 6.45) is 3.17. The summed E-state index contributed by atoms with van der Waals surface area (Å²) in [6, 6.07) is 12.6. The average Bonchev–Trinajstić information content (AvgIpc) is 2.92. The lowest BCUT2D eigenvalue weighted by atomic mass is 9.95. The Morgan fingerprint density at radius 3 is 2.30 bits per heavy atom. The Kier molecular flexibility index (Phi) is 12.2. The van der Waals surface area contributed by atoms with Gasteiger partial charge in [0.05, 0.1) is 7.11 Å². The van der Waals surface area contributed by atoms with Crippen LogP contribution in [0, 0.1) is 5.92 Å². The average molecular weight is 552 g/mol. The van der Waals surface area contributed by atoms with Crippen LogP contribution in [0.1, 0.15) is 78.0 Å². The first-order chi connectivity index (χ1) is 18.9. The molecular weight excluding hydrogens is 506 g/mol. The molecule has 0 fully saturated rings. The van der Waals surface area contributed by atoms with Crippen molar-refractivity contribution < 1.29 is 23.9 Å². The van der Waals surface area contributed by atoms with Gasteiger partial charge in [0.25, 0.3) is 5.91 Å². The van der Waals surface area contributed by atoms with Crippen LogP contribution in [0.15, 0.2) is 55.1 Å². The van der Waals surface area contributed by atoms with Crippen LogP contribution in [0.25, 0.3) is 6.08 Å². The van der Waals surface area contributed by atoms with Crippen LogP contribution in [-0.2, 0) is 14.3 Å². The third kappa shape index (κ3) is 9.43. The van der Waals surface area contributed by atoms with Gasteiger partial charge in [0.1, 0.15) is 23.4 Å². The molecule has 0 saturated heterocycles. The summed E-state index contributed by atoms with van der Waals surface area (Å²) >= 11 is 0. The molecule has 3 unspecified atom stereocenters. The first kappa shape index (κ1) is 32.4. The van der Waals surface area contributed by atoms with Crippen molar-refractivity contribution in [2.75, 3.05) is 19.0 Å². The van der Waals surface area contributed by atoms with Crippen LogP contribution in [-0.4, -0.2) is 48.1 Å². The zero-order valence-corrected chi connectivity index (χ0v) is 25.0. The maximum absolute atomic E-state index is 14.3. The van der Waals surface area contributed by atoms with E-state index in [9.17, 15) is 14.4 Å². The third-order valence-electron chi connectivity index (χ3n) is 6.57. The molecule has 218 valence electrons. The van der Waals surface area contributed by atoms with Gasteiger partial charge in [-0.05, 0) is 74.6 Å². The lowest BCUT2D eigenvalue weighted by Gasteiger charge is -2.36. The van der Waals surface area contributed by atoms with Gasteiger partial charge in [0.2, 0.25) is 5.91 Å². The number of unbranched alkanes of at least 4 members (excludes halogenated alkanes) is 1. The number of ether oxygens (including phenoxy) is 2. The van der Waals surface area contributed by atoms with E-state index in [0.717, 1.165) is 12.0 Å². The Balaban J connectivity index is 2.56. The first-order valence-corrected chi connectivity index (χ1v) is 13.9. The molecule has 0 aromatic heterocycles. The standard InChI is InChI=1S/C32H45N3O5/c1-9-12-20-35(30(37)27(22(4)10-2)34-31(38)40-32(5,6)7)28(24-15-13-14-23(11-3)21-24)29(36)33-25-16-18-26(39-8)19-17-25/h11,13-19,21-22,27-28H,3,9-10,12,20H2,1-2,4-8H3,(H,33,36)(H,34,38). The van der Waals surface area contributed by atoms with Crippen molar-refractivity contribution in [2.45, 2.75) is 78.5 Å². The van der Waals surface area contributed by atoms with Crippen LogP contribution in [0.5, 0.6) is 5.75 Å². The van der Waals surface area contributed by atoms with Crippen molar-refractivity contribution in [3.8, 4) is 5.75 Å². The Hall–Kier alpha value is -3.81. The van der Waals surface area contributed by atoms with E-state index in [2.05, 4.69) is 17.2 Å². The van der Waals surface area contributed by atoms with Gasteiger partial charge in [-0.3, -0.25) is 9.59 Å². The Morgan fingerprint density at radius 2 is 1.75 bits per heavy atom. The smallest absolute Gasteiger partial charge is 0.408 e. The van der Waals surface area contributed by atoms with Crippen molar-refractivity contribution in [3.05, 3.63) is 66.2 Å². The largest absolute Gasteiger partial charge is 0.497 e. The minimum absolute atomic E-state index is 0.200. The van der Waals surface area contributed by atoms with Crippen molar-refractivity contribution in [1.82, 2.24) is 10.2 Å². The molecule has 8 nitrogen and oxygen atoms in total. The van der Waals surface area contributed by atoms with E-state index in [0.29, 0.717) is 36.4 Å². The molecule has 2 rings (SSSR count). The second-order valence-corrected chi connectivity index (χ2v) is 10.9. The number of nitrogens with one attached hydrogen (secondary N) is 2. The number of nitrogens with zero attached hydrogens (tertiary/aromatic N) is 1. The zero-order chi connectivity index (χ0) is 29.9. The molecule has 0 heterocycles. The fourth-order valence-corrected chi connectivity index (χ4v) is 4.21. The fraction of sp³-hybridized carbons (Fsp3) is 0.469. The van der Waals surface area contributed by atoms with Crippen molar-refractivity contribution in [3.63, 3.8) is 0 Å². The molecule has 0 aliphatic carbocycles. The predicted octanol–water partition coefficient (Wildman–Crippen LogP) is 6.59. The highest BCUT2D eigenvalue weighted by atomic mass is 16.6. The van der Waals surface area contributed by atoms with Gasteiger partial charge in [0, 0.05) is 12.2 Å². The number of methoxy groups -OCH3 is 1. The number of carbonyl (C=O) groups is 3. The summed E-state index contributed by atoms with van der Waals surface area (Å²) < 4.78 is 10.7. The highest BCUT2D eigenvalue weighted by Crippen LogP contribution is 2.28. The molecule has 3 atom stereocenters. The molecule has 8 heteroatoms. The van der Waals surface area contributed by atoms with E-state index >= 15 is 0 Å². The van der Waals surface area contributed by atoms with E-state index in [4.69, 9.17) is 9.47 Å². The van der Waals surface area contributed by atoms with Crippen molar-refractivity contribution >= 4 is 29.7 Å². The van der Waals surface area contributed by atoms with Gasteiger partial charge in [0.15, 0.2) is 0 Å². The summed E-state index contributed by atoms with van der Waals surface area (Å²) in [6.45, 7) is 15.4. The first-order valence-electron chi connectivity index (χ1n) is 13.9. The minimum atomic E-state index is -0.951. The van der Waals surface area contributed by atoms with E-state index in [1.54, 1.807) is 63.1 Å². The number of rotatable bonds is 13. The van der Waals surface area contributed by atoms with E-state index in [1.807, 2.05) is 45.0 Å². The monoisotopic (exact) mass is 551 g/mol. The van der Waals surface area contributed by atoms with Gasteiger partial charge in [-0.2, -0.15) is 0 Å². The topological polar surface area (TPSA) is 97.0 Å². The molecule has 0 saturated carbocycles. The van der Waals surface area contributed by atoms with Crippen LogP contribution in [0.3, 0.4) is 0 Å². The van der Waals surface area contributed by atoms with Crippen LogP contribution < -0.4 is 15.4 Å². The molecule has 2 N–H and O–H groups in total. The predicted molar refractivity (Wildman–Crippen MR) is 160 cm³/mol. The maximum atomic E-state index is 14.3. The van der Waals surface area contributed by atoms with Gasteiger partial charge in [-0.25, -0.2) is 4.79 Å². The summed E-state index contributed by atoms with van der Waals surface area (Å²) in [5.74, 6) is -0.241. The van der Waals surface area contributed by atoms with Crippen molar-refractivity contribution in [2.24, 2.45) is 5.92 Å². The molecule has 0 aliphatic rings. The van der Waals surface area contributed by atoms with Gasteiger partial charge in [-0.1, -0.05) is 64.5 Å². The number of amides is 3. The number of anilines is 1. The van der Waals surface area contributed by atoms with Crippen LogP contribution in [0.2, 0.25) is 0 Å². The molecule has 0 spiro atoms. The molecule has 0 bridgehead atoms. The Morgan fingerprint density at radius 1 is 1.07 bits per heavy atom. The summed E-state index contributed by atoms with van der Waals surface area (Å²) in [4.78, 5) is 42.6. The molecule has 0 aliphatic heterocycles. The lowest BCUT2D eigenvalue weighted by molar-refractivity contribution is -0.142. The second-order valence-electron chi connectivity index (χ2n) is 10.9. The highest BCUT2D eigenvalue weighted by molar-refractivity contribution is 5.99. The summed E-state index contributed by atoms with van der Waals surface area (Å²) in [7, 11) is 1.58. The molecular formula is C32H45N3O5. The fourth-order valence-electron chi connectivity index (χ4n) is 4.21. The third-order valence-corrected chi connectivity index (χ3v) is 6.57. The van der Waals surface area contributed by atoms with E-state index in [1.165, 1.54) is 0 Å². The number of carbonyl (C=O) groups excluding carboxylic acids is 3. The Bertz CT molecular complexity index is 1140. The van der Waals surface area contributed by atoms with Gasteiger partial charge in [-0.15, -0.1) is 0 Å². The Labute approximate surface area is 239 Å². The number of benzene rings is 2. The molecule has 2 aromatic carbocycles. The molecule has 0 radical (unpaired) electrons. The maximum Gasteiger partial charge on any atom is 0.408 e. The normalized spacial score (nSPS) is 13.4.